The fourth-order valence-corrected chi connectivity index (χ4v) is 2.72. The number of nitrogens with one attached hydrogen (secondary N) is 2. The number of benzene rings is 1. The standard InChI is InChI=1S/C16H23N3O2/c1-3-17-16(21)18-15(20)12(2)19-10-9-14(11-19)13-7-5-4-6-8-13/h4-8,12,14H,3,9-11H2,1-2H3,(H2,17,18,20,21)/t12-,14-/m1/s1. The number of hydrogen-bond acceptors (Lipinski definition) is 3. The molecule has 5 heteroatoms. The molecule has 0 aromatic heterocycles. The Morgan fingerprint density at radius 1 is 1.33 bits per heavy atom. The highest BCUT2D eigenvalue weighted by molar-refractivity contribution is 5.96. The molecule has 2 N–H and O–H groups in total. The maximum absolute atomic E-state index is 12.0. The van der Waals surface area contributed by atoms with Gasteiger partial charge in [0, 0.05) is 13.1 Å². The van der Waals surface area contributed by atoms with Crippen molar-refractivity contribution in [2.75, 3.05) is 19.6 Å². The van der Waals surface area contributed by atoms with E-state index in [1.165, 1.54) is 5.56 Å². The normalized spacial score (nSPS) is 20.0. The van der Waals surface area contributed by atoms with Gasteiger partial charge >= 0.3 is 6.03 Å². The van der Waals surface area contributed by atoms with Gasteiger partial charge < -0.3 is 5.32 Å². The average Bonchev–Trinajstić information content (AvgIpc) is 2.97. The summed E-state index contributed by atoms with van der Waals surface area (Å²) < 4.78 is 0. The third kappa shape index (κ3) is 4.04. The zero-order valence-corrected chi connectivity index (χ0v) is 12.6. The minimum Gasteiger partial charge on any atom is -0.338 e. The lowest BCUT2D eigenvalue weighted by Gasteiger charge is -2.23. The summed E-state index contributed by atoms with van der Waals surface area (Å²) in [4.78, 5) is 25.6. The molecule has 1 fully saturated rings. The van der Waals surface area contributed by atoms with Gasteiger partial charge in [-0.15, -0.1) is 0 Å². The Morgan fingerprint density at radius 2 is 2.05 bits per heavy atom. The molecule has 0 saturated carbocycles. The summed E-state index contributed by atoms with van der Waals surface area (Å²) in [6, 6.07) is 9.65. The van der Waals surface area contributed by atoms with Gasteiger partial charge in [-0.3, -0.25) is 15.0 Å². The van der Waals surface area contributed by atoms with Crippen molar-refractivity contribution in [2.24, 2.45) is 0 Å². The highest BCUT2D eigenvalue weighted by Gasteiger charge is 2.30. The lowest BCUT2D eigenvalue weighted by atomic mass is 9.99. The van der Waals surface area contributed by atoms with Crippen LogP contribution in [0.15, 0.2) is 30.3 Å². The molecule has 1 aromatic carbocycles. The summed E-state index contributed by atoms with van der Waals surface area (Å²) in [7, 11) is 0. The third-order valence-electron chi connectivity index (χ3n) is 3.99. The van der Waals surface area contributed by atoms with Crippen molar-refractivity contribution in [1.29, 1.82) is 0 Å². The quantitative estimate of drug-likeness (QED) is 0.887. The van der Waals surface area contributed by atoms with Gasteiger partial charge in [0.05, 0.1) is 6.04 Å². The van der Waals surface area contributed by atoms with Gasteiger partial charge in [0.15, 0.2) is 0 Å². The van der Waals surface area contributed by atoms with Crippen LogP contribution in [0.5, 0.6) is 0 Å². The van der Waals surface area contributed by atoms with Crippen LogP contribution in [0.1, 0.15) is 31.7 Å². The molecule has 3 amide bonds. The van der Waals surface area contributed by atoms with Crippen molar-refractivity contribution < 1.29 is 9.59 Å². The molecule has 2 atom stereocenters. The van der Waals surface area contributed by atoms with E-state index in [4.69, 9.17) is 0 Å². The van der Waals surface area contributed by atoms with Crippen LogP contribution in [0.3, 0.4) is 0 Å². The van der Waals surface area contributed by atoms with Crippen molar-refractivity contribution in [3.8, 4) is 0 Å². The Balaban J connectivity index is 1.88. The first kappa shape index (κ1) is 15.5. The fraction of sp³-hybridized carbons (Fsp3) is 0.500. The number of carbonyl (C=O) groups is 2. The Hall–Kier alpha value is -1.88. The van der Waals surface area contributed by atoms with E-state index in [1.54, 1.807) is 0 Å². The summed E-state index contributed by atoms with van der Waals surface area (Å²) >= 11 is 0. The monoisotopic (exact) mass is 289 g/mol. The van der Waals surface area contributed by atoms with E-state index in [0.29, 0.717) is 12.5 Å². The highest BCUT2D eigenvalue weighted by Crippen LogP contribution is 2.28. The Kier molecular flexibility index (Phi) is 5.33. The Morgan fingerprint density at radius 3 is 2.71 bits per heavy atom. The molecule has 1 aromatic rings. The van der Waals surface area contributed by atoms with Gasteiger partial charge in [-0.2, -0.15) is 0 Å². The number of likely N-dealkylation sites (tertiary alicyclic amines) is 1. The first-order valence-electron chi connectivity index (χ1n) is 7.49. The third-order valence-corrected chi connectivity index (χ3v) is 3.99. The predicted octanol–water partition coefficient (Wildman–Crippen LogP) is 1.71. The van der Waals surface area contributed by atoms with Gasteiger partial charge in [-0.1, -0.05) is 30.3 Å². The Labute approximate surface area is 125 Å². The van der Waals surface area contributed by atoms with Crippen molar-refractivity contribution in [3.63, 3.8) is 0 Å². The molecule has 1 aliphatic rings. The van der Waals surface area contributed by atoms with E-state index in [1.807, 2.05) is 32.0 Å². The molecule has 1 saturated heterocycles. The summed E-state index contributed by atoms with van der Waals surface area (Å²) in [5.41, 5.74) is 1.32. The topological polar surface area (TPSA) is 61.4 Å². The summed E-state index contributed by atoms with van der Waals surface area (Å²) in [6.45, 7) is 5.91. The fourth-order valence-electron chi connectivity index (χ4n) is 2.72. The molecule has 21 heavy (non-hydrogen) atoms. The second kappa shape index (κ2) is 7.22. The highest BCUT2D eigenvalue weighted by atomic mass is 16.2. The average molecular weight is 289 g/mol. The maximum atomic E-state index is 12.0. The summed E-state index contributed by atoms with van der Waals surface area (Å²) in [5.74, 6) is 0.223. The predicted molar refractivity (Wildman–Crippen MR) is 82.1 cm³/mol. The summed E-state index contributed by atoms with van der Waals surface area (Å²) in [6.07, 6.45) is 1.04. The molecule has 0 bridgehead atoms. The van der Waals surface area contributed by atoms with Crippen LogP contribution in [0, 0.1) is 0 Å². The van der Waals surface area contributed by atoms with E-state index >= 15 is 0 Å². The number of rotatable bonds is 4. The van der Waals surface area contributed by atoms with Crippen LogP contribution in [0.2, 0.25) is 0 Å². The smallest absolute Gasteiger partial charge is 0.321 e. The van der Waals surface area contributed by atoms with Crippen molar-refractivity contribution in [2.45, 2.75) is 32.2 Å². The minimum atomic E-state index is -0.423. The van der Waals surface area contributed by atoms with Crippen molar-refractivity contribution >= 4 is 11.9 Å². The molecule has 0 radical (unpaired) electrons. The number of carbonyl (C=O) groups excluding carboxylic acids is 2. The van der Waals surface area contributed by atoms with E-state index in [0.717, 1.165) is 19.5 Å². The van der Waals surface area contributed by atoms with Gasteiger partial charge in [-0.25, -0.2) is 4.79 Å². The van der Waals surface area contributed by atoms with E-state index < -0.39 is 6.03 Å². The van der Waals surface area contributed by atoms with Crippen molar-refractivity contribution in [3.05, 3.63) is 35.9 Å². The van der Waals surface area contributed by atoms with Gasteiger partial charge in [0.1, 0.15) is 0 Å². The number of nitrogens with zero attached hydrogens (tertiary/aromatic N) is 1. The molecule has 1 aliphatic heterocycles. The number of hydrogen-bond donors (Lipinski definition) is 2. The lowest BCUT2D eigenvalue weighted by molar-refractivity contribution is -0.124. The van der Waals surface area contributed by atoms with Crippen LogP contribution in [-0.4, -0.2) is 42.5 Å². The molecule has 1 heterocycles. The van der Waals surface area contributed by atoms with Gasteiger partial charge in [0.25, 0.3) is 0 Å². The zero-order chi connectivity index (χ0) is 15.2. The van der Waals surface area contributed by atoms with Gasteiger partial charge in [0.2, 0.25) is 5.91 Å². The second-order valence-electron chi connectivity index (χ2n) is 5.42. The molecule has 5 nitrogen and oxygen atoms in total. The number of amides is 3. The molecular formula is C16H23N3O2. The van der Waals surface area contributed by atoms with Crippen LogP contribution in [0.4, 0.5) is 4.79 Å². The molecule has 0 aliphatic carbocycles. The molecule has 2 rings (SSSR count). The first-order valence-corrected chi connectivity index (χ1v) is 7.49. The van der Waals surface area contributed by atoms with Crippen LogP contribution in [0.25, 0.3) is 0 Å². The lowest BCUT2D eigenvalue weighted by Crippen LogP contribution is -2.49. The van der Waals surface area contributed by atoms with Gasteiger partial charge in [-0.05, 0) is 38.3 Å². The van der Waals surface area contributed by atoms with Crippen LogP contribution in [-0.2, 0) is 4.79 Å². The van der Waals surface area contributed by atoms with E-state index in [9.17, 15) is 9.59 Å². The largest absolute Gasteiger partial charge is 0.338 e. The number of urea groups is 1. The molecule has 0 unspecified atom stereocenters. The van der Waals surface area contributed by atoms with E-state index in [2.05, 4.69) is 27.7 Å². The first-order chi connectivity index (χ1) is 10.1. The second-order valence-corrected chi connectivity index (χ2v) is 5.42. The maximum Gasteiger partial charge on any atom is 0.321 e. The molecule has 0 spiro atoms. The molecule has 114 valence electrons. The SMILES string of the molecule is CCNC(=O)NC(=O)[C@@H](C)N1CC[C@@H](c2ccccc2)C1. The van der Waals surface area contributed by atoms with Crippen LogP contribution < -0.4 is 10.6 Å². The Bertz CT molecular complexity index is 490. The number of imide groups is 1. The molecular weight excluding hydrogens is 266 g/mol. The summed E-state index contributed by atoms with van der Waals surface area (Å²) in [5, 5.41) is 4.95. The minimum absolute atomic E-state index is 0.241. The zero-order valence-electron chi connectivity index (χ0n) is 12.6. The van der Waals surface area contributed by atoms with Crippen molar-refractivity contribution in [1.82, 2.24) is 15.5 Å². The van der Waals surface area contributed by atoms with E-state index in [-0.39, 0.29) is 11.9 Å². The van der Waals surface area contributed by atoms with Crippen LogP contribution >= 0.6 is 0 Å².